The number of aryl methyl sites for hydroxylation is 2. The van der Waals surface area contributed by atoms with Crippen molar-refractivity contribution in [2.45, 2.75) is 38.7 Å². The van der Waals surface area contributed by atoms with Crippen molar-refractivity contribution in [1.29, 1.82) is 0 Å². The predicted molar refractivity (Wildman–Crippen MR) is 73.2 cm³/mol. The van der Waals surface area contributed by atoms with Crippen LogP contribution in [0.3, 0.4) is 0 Å². The molecule has 0 radical (unpaired) electrons. The third-order valence-electron chi connectivity index (χ3n) is 3.34. The highest BCUT2D eigenvalue weighted by Crippen LogP contribution is 2.28. The highest BCUT2D eigenvalue weighted by atomic mass is 16.5. The molecule has 4 heteroatoms. The van der Waals surface area contributed by atoms with Crippen LogP contribution in [0.15, 0.2) is 18.2 Å². The summed E-state index contributed by atoms with van der Waals surface area (Å²) in [4.78, 5) is 11.3. The first kappa shape index (κ1) is 13.9. The second-order valence-corrected chi connectivity index (χ2v) is 4.76. The molecule has 1 aliphatic heterocycles. The molecule has 0 saturated heterocycles. The fourth-order valence-corrected chi connectivity index (χ4v) is 2.30. The topological polar surface area (TPSA) is 61.5 Å². The van der Waals surface area contributed by atoms with Crippen molar-refractivity contribution < 1.29 is 14.3 Å². The van der Waals surface area contributed by atoms with Gasteiger partial charge in [0.2, 0.25) is 0 Å². The third kappa shape index (κ3) is 3.70. The van der Waals surface area contributed by atoms with E-state index >= 15 is 0 Å². The largest absolute Gasteiger partial charge is 0.489 e. The molecular weight excluding hydrogens is 242 g/mol. The Hall–Kier alpha value is -1.55. The second kappa shape index (κ2) is 6.57. The van der Waals surface area contributed by atoms with Crippen molar-refractivity contribution in [1.82, 2.24) is 0 Å². The highest BCUT2D eigenvalue weighted by molar-refractivity contribution is 5.69. The summed E-state index contributed by atoms with van der Waals surface area (Å²) in [5.74, 6) is 0.793. The zero-order valence-corrected chi connectivity index (χ0v) is 11.4. The van der Waals surface area contributed by atoms with Gasteiger partial charge in [-0.2, -0.15) is 0 Å². The quantitative estimate of drug-likeness (QED) is 0.823. The Bertz CT molecular complexity index is 445. The summed E-state index contributed by atoms with van der Waals surface area (Å²) in [6, 6.07) is 6.12. The van der Waals surface area contributed by atoms with E-state index in [1.165, 1.54) is 5.56 Å². The van der Waals surface area contributed by atoms with Gasteiger partial charge < -0.3 is 15.2 Å². The minimum absolute atomic E-state index is 0.137. The van der Waals surface area contributed by atoms with Gasteiger partial charge in [0.1, 0.15) is 11.9 Å². The van der Waals surface area contributed by atoms with E-state index in [-0.39, 0.29) is 12.1 Å². The highest BCUT2D eigenvalue weighted by Gasteiger charge is 2.18. The maximum absolute atomic E-state index is 11.3. The summed E-state index contributed by atoms with van der Waals surface area (Å²) in [6.45, 7) is 2.82. The molecule has 2 N–H and O–H groups in total. The number of fused-ring (bicyclic) bond motifs is 1. The lowest BCUT2D eigenvalue weighted by Crippen LogP contribution is -2.30. The van der Waals surface area contributed by atoms with Crippen LogP contribution in [0.2, 0.25) is 0 Å². The molecule has 0 amide bonds. The maximum atomic E-state index is 11.3. The van der Waals surface area contributed by atoms with E-state index in [0.717, 1.165) is 24.2 Å². The lowest BCUT2D eigenvalue weighted by molar-refractivity contribution is -0.143. The summed E-state index contributed by atoms with van der Waals surface area (Å²) in [7, 11) is 0. The lowest BCUT2D eigenvalue weighted by Gasteiger charge is -2.25. The Morgan fingerprint density at radius 2 is 2.37 bits per heavy atom. The fraction of sp³-hybridized carbons (Fsp3) is 0.533. The van der Waals surface area contributed by atoms with Gasteiger partial charge in [0.15, 0.2) is 0 Å². The van der Waals surface area contributed by atoms with E-state index in [4.69, 9.17) is 15.2 Å². The Balaban J connectivity index is 1.96. The van der Waals surface area contributed by atoms with Crippen LogP contribution in [-0.2, 0) is 22.4 Å². The summed E-state index contributed by atoms with van der Waals surface area (Å²) in [6.07, 6.45) is 3.23. The molecule has 0 bridgehead atoms. The average molecular weight is 263 g/mol. The van der Waals surface area contributed by atoms with Gasteiger partial charge in [-0.25, -0.2) is 0 Å². The van der Waals surface area contributed by atoms with E-state index < -0.39 is 0 Å². The van der Waals surface area contributed by atoms with Crippen LogP contribution >= 0.6 is 0 Å². The van der Waals surface area contributed by atoms with Gasteiger partial charge >= 0.3 is 5.97 Å². The molecule has 0 saturated carbocycles. The van der Waals surface area contributed by atoms with Crippen molar-refractivity contribution in [3.8, 4) is 5.75 Å². The summed E-state index contributed by atoms with van der Waals surface area (Å²) in [5, 5.41) is 0. The zero-order chi connectivity index (χ0) is 13.7. The monoisotopic (exact) mass is 263 g/mol. The summed E-state index contributed by atoms with van der Waals surface area (Å²) >= 11 is 0. The minimum atomic E-state index is -0.139. The Kier molecular flexibility index (Phi) is 4.80. The number of carbonyl (C=O) groups is 1. The number of esters is 1. The van der Waals surface area contributed by atoms with Crippen LogP contribution in [0.5, 0.6) is 5.75 Å². The molecule has 0 fully saturated rings. The molecule has 104 valence electrons. The SMILES string of the molecule is CCOC(=O)CCc1ccc2c(c1)CCC(CN)O2. The van der Waals surface area contributed by atoms with Gasteiger partial charge in [0.25, 0.3) is 0 Å². The van der Waals surface area contributed by atoms with E-state index in [2.05, 4.69) is 6.07 Å². The number of benzene rings is 1. The smallest absolute Gasteiger partial charge is 0.306 e. The van der Waals surface area contributed by atoms with Gasteiger partial charge in [-0.1, -0.05) is 12.1 Å². The Labute approximate surface area is 113 Å². The maximum Gasteiger partial charge on any atom is 0.306 e. The molecule has 1 aromatic carbocycles. The molecule has 0 spiro atoms. The van der Waals surface area contributed by atoms with Gasteiger partial charge in [-0.15, -0.1) is 0 Å². The van der Waals surface area contributed by atoms with Crippen molar-refractivity contribution in [2.24, 2.45) is 5.73 Å². The van der Waals surface area contributed by atoms with Crippen LogP contribution in [0.1, 0.15) is 30.9 Å². The van der Waals surface area contributed by atoms with Crippen LogP contribution in [0.25, 0.3) is 0 Å². The van der Waals surface area contributed by atoms with Gasteiger partial charge in [0.05, 0.1) is 6.61 Å². The van der Waals surface area contributed by atoms with Gasteiger partial charge in [0, 0.05) is 13.0 Å². The standard InChI is InChI=1S/C15H21NO3/c1-2-18-15(17)8-4-11-3-7-14-12(9-11)5-6-13(10-16)19-14/h3,7,9,13H,2,4-6,8,10,16H2,1H3. The molecule has 0 aromatic heterocycles. The van der Waals surface area contributed by atoms with E-state index in [0.29, 0.717) is 26.0 Å². The summed E-state index contributed by atoms with van der Waals surface area (Å²) in [5.41, 5.74) is 7.99. The molecule has 1 atom stereocenters. The second-order valence-electron chi connectivity index (χ2n) is 4.76. The molecule has 1 heterocycles. The Morgan fingerprint density at radius 3 is 3.11 bits per heavy atom. The van der Waals surface area contributed by atoms with E-state index in [9.17, 15) is 4.79 Å². The molecular formula is C15H21NO3. The van der Waals surface area contributed by atoms with Gasteiger partial charge in [-0.3, -0.25) is 4.79 Å². The van der Waals surface area contributed by atoms with Crippen LogP contribution in [0, 0.1) is 0 Å². The summed E-state index contributed by atoms with van der Waals surface area (Å²) < 4.78 is 10.7. The predicted octanol–water partition coefficient (Wildman–Crippen LogP) is 1.83. The normalized spacial score (nSPS) is 17.5. The van der Waals surface area contributed by atoms with Crippen molar-refractivity contribution in [3.05, 3.63) is 29.3 Å². The lowest BCUT2D eigenvalue weighted by atomic mass is 9.98. The van der Waals surface area contributed by atoms with Crippen LogP contribution < -0.4 is 10.5 Å². The molecule has 19 heavy (non-hydrogen) atoms. The van der Waals surface area contributed by atoms with E-state index in [1.807, 2.05) is 19.1 Å². The van der Waals surface area contributed by atoms with Gasteiger partial charge in [-0.05, 0) is 43.4 Å². The number of nitrogens with two attached hydrogens (primary N) is 1. The molecule has 0 aliphatic carbocycles. The minimum Gasteiger partial charge on any atom is -0.489 e. The molecule has 2 rings (SSSR count). The number of hydrogen-bond donors (Lipinski definition) is 1. The first-order chi connectivity index (χ1) is 9.22. The van der Waals surface area contributed by atoms with Crippen LogP contribution in [-0.4, -0.2) is 25.2 Å². The van der Waals surface area contributed by atoms with Crippen molar-refractivity contribution >= 4 is 5.97 Å². The molecule has 1 unspecified atom stereocenters. The van der Waals surface area contributed by atoms with Crippen molar-refractivity contribution in [3.63, 3.8) is 0 Å². The number of ether oxygens (including phenoxy) is 2. The number of rotatable bonds is 5. The zero-order valence-electron chi connectivity index (χ0n) is 11.4. The number of hydrogen-bond acceptors (Lipinski definition) is 4. The molecule has 1 aliphatic rings. The molecule has 1 aromatic rings. The fourth-order valence-electron chi connectivity index (χ4n) is 2.30. The van der Waals surface area contributed by atoms with Crippen LogP contribution in [0.4, 0.5) is 0 Å². The first-order valence-electron chi connectivity index (χ1n) is 6.87. The third-order valence-corrected chi connectivity index (χ3v) is 3.34. The molecule has 4 nitrogen and oxygen atoms in total. The average Bonchev–Trinajstić information content (AvgIpc) is 2.44. The first-order valence-corrected chi connectivity index (χ1v) is 6.87. The van der Waals surface area contributed by atoms with Crippen molar-refractivity contribution in [2.75, 3.05) is 13.2 Å². The number of carbonyl (C=O) groups excluding carboxylic acids is 1. The Morgan fingerprint density at radius 1 is 1.53 bits per heavy atom. The van der Waals surface area contributed by atoms with E-state index in [1.54, 1.807) is 0 Å².